The number of thiazole rings is 1. The number of hydrogen-bond donors (Lipinski definition) is 1. The number of ether oxygens (including phenoxy) is 6. The van der Waals surface area contributed by atoms with E-state index >= 15 is 0 Å². The van der Waals surface area contributed by atoms with Gasteiger partial charge in [-0.1, -0.05) is 35.6 Å². The number of esters is 1. The molecule has 12 nitrogen and oxygen atoms in total. The molecule has 2 aromatic carbocycles. The number of carbonyl (C=O) groups excluding carboxylic acids is 2. The van der Waals surface area contributed by atoms with Gasteiger partial charge in [0.05, 0.1) is 43.2 Å². The van der Waals surface area contributed by atoms with E-state index in [1.165, 1.54) is 25.9 Å². The highest BCUT2D eigenvalue weighted by Gasteiger charge is 2.36. The Bertz CT molecular complexity index is 1730. The third-order valence-corrected chi connectivity index (χ3v) is 7.43. The molecular formula is C30H33N3O9S. The van der Waals surface area contributed by atoms with Crippen molar-refractivity contribution < 1.29 is 38.0 Å². The summed E-state index contributed by atoms with van der Waals surface area (Å²) in [5, 5.41) is 0. The number of amides is 1. The smallest absolute Gasteiger partial charge is 0.338 e. The average molecular weight is 612 g/mol. The molecule has 1 atom stereocenters. The number of primary amides is 1. The molecule has 1 aromatic heterocycles. The number of nitrogens with zero attached hydrogens (tertiary/aromatic N) is 2. The van der Waals surface area contributed by atoms with Gasteiger partial charge in [-0.15, -0.1) is 0 Å². The molecule has 0 fully saturated rings. The molecule has 0 bridgehead atoms. The minimum absolute atomic E-state index is 0.0175. The summed E-state index contributed by atoms with van der Waals surface area (Å²) in [4.78, 5) is 44.1. The number of rotatable bonds is 13. The third kappa shape index (κ3) is 6.57. The molecule has 1 amide bonds. The fourth-order valence-corrected chi connectivity index (χ4v) is 5.66. The summed E-state index contributed by atoms with van der Waals surface area (Å²) >= 11 is 1.13. The molecule has 0 saturated heterocycles. The van der Waals surface area contributed by atoms with Gasteiger partial charge in [0, 0.05) is 18.2 Å². The first kappa shape index (κ1) is 31.3. The topological polar surface area (TPSA) is 150 Å². The lowest BCUT2D eigenvalue weighted by Gasteiger charge is -2.27. The fourth-order valence-electron chi connectivity index (χ4n) is 4.63. The molecular weight excluding hydrogens is 578 g/mol. The van der Waals surface area contributed by atoms with Crippen LogP contribution in [0.15, 0.2) is 57.5 Å². The first-order valence-corrected chi connectivity index (χ1v) is 14.1. The first-order chi connectivity index (χ1) is 20.7. The number of carbonyl (C=O) groups is 2. The van der Waals surface area contributed by atoms with Crippen molar-refractivity contribution in [3.05, 3.63) is 78.5 Å². The maximum Gasteiger partial charge on any atom is 0.338 e. The molecule has 0 aliphatic carbocycles. The zero-order valence-electron chi connectivity index (χ0n) is 24.5. The average Bonchev–Trinajstić information content (AvgIpc) is 3.29. The standard InChI is InChI=1S/C30H33N3O9S/c1-6-40-27-19(10-8-12-21(27)39-5)25-24(29(36)41-14-13-37-3)17(2)32-30-33(25)28(35)22(43-30)15-18-9-7-11-20(38-4)26(18)42-16-23(31)34/h7-12,15,25H,6,13-14,16H2,1-5H3,(H2,31,34)/b22-15+/t25-/m0/s1. The second kappa shape index (κ2) is 14.0. The Labute approximate surface area is 251 Å². The van der Waals surface area contributed by atoms with Gasteiger partial charge in [-0.25, -0.2) is 9.79 Å². The van der Waals surface area contributed by atoms with Crippen molar-refractivity contribution >= 4 is 29.3 Å². The number of benzene rings is 2. The lowest BCUT2D eigenvalue weighted by Crippen LogP contribution is -2.40. The van der Waals surface area contributed by atoms with Crippen molar-refractivity contribution in [2.75, 3.05) is 47.8 Å². The number of para-hydroxylation sites is 2. The van der Waals surface area contributed by atoms with Crippen LogP contribution in [0.1, 0.15) is 31.0 Å². The van der Waals surface area contributed by atoms with Gasteiger partial charge >= 0.3 is 5.97 Å². The first-order valence-electron chi connectivity index (χ1n) is 13.3. The van der Waals surface area contributed by atoms with E-state index in [2.05, 4.69) is 4.99 Å². The van der Waals surface area contributed by atoms with E-state index in [4.69, 9.17) is 34.2 Å². The van der Waals surface area contributed by atoms with Crippen molar-refractivity contribution in [1.29, 1.82) is 0 Å². The number of nitrogens with two attached hydrogens (primary N) is 1. The van der Waals surface area contributed by atoms with Gasteiger partial charge in [0.1, 0.15) is 12.6 Å². The predicted molar refractivity (Wildman–Crippen MR) is 158 cm³/mol. The van der Waals surface area contributed by atoms with Crippen molar-refractivity contribution in [1.82, 2.24) is 4.57 Å². The summed E-state index contributed by atoms with van der Waals surface area (Å²) in [6.45, 7) is 3.67. The molecule has 2 N–H and O–H groups in total. The van der Waals surface area contributed by atoms with E-state index in [0.717, 1.165) is 11.3 Å². The number of methoxy groups -OCH3 is 3. The molecule has 4 rings (SSSR count). The van der Waals surface area contributed by atoms with E-state index in [1.807, 2.05) is 6.92 Å². The Hall–Kier alpha value is -4.62. The molecule has 0 saturated carbocycles. The van der Waals surface area contributed by atoms with Crippen LogP contribution in [0.3, 0.4) is 0 Å². The van der Waals surface area contributed by atoms with Gasteiger partial charge in [-0.2, -0.15) is 0 Å². The van der Waals surface area contributed by atoms with Crippen LogP contribution in [0, 0.1) is 0 Å². The van der Waals surface area contributed by atoms with Gasteiger partial charge in [0.15, 0.2) is 34.4 Å². The molecule has 0 spiro atoms. The molecule has 1 aliphatic heterocycles. The second-order valence-electron chi connectivity index (χ2n) is 9.16. The lowest BCUT2D eigenvalue weighted by molar-refractivity contribution is -0.140. The van der Waals surface area contributed by atoms with Gasteiger partial charge < -0.3 is 34.2 Å². The maximum absolute atomic E-state index is 14.2. The molecule has 0 radical (unpaired) electrons. The predicted octanol–water partition coefficient (Wildman–Crippen LogP) is 1.70. The molecule has 3 aromatic rings. The van der Waals surface area contributed by atoms with Crippen molar-refractivity contribution in [3.63, 3.8) is 0 Å². The summed E-state index contributed by atoms with van der Waals surface area (Å²) in [5.74, 6) is 0.124. The Balaban J connectivity index is 1.97. The van der Waals surface area contributed by atoms with Gasteiger partial charge in [0.25, 0.3) is 11.5 Å². The molecule has 43 heavy (non-hydrogen) atoms. The monoisotopic (exact) mass is 611 g/mol. The van der Waals surface area contributed by atoms with Crippen LogP contribution >= 0.6 is 11.3 Å². The van der Waals surface area contributed by atoms with Gasteiger partial charge in [-0.05, 0) is 32.1 Å². The van der Waals surface area contributed by atoms with E-state index < -0.39 is 23.5 Å². The van der Waals surface area contributed by atoms with E-state index in [0.29, 0.717) is 50.0 Å². The van der Waals surface area contributed by atoms with Crippen LogP contribution in [-0.4, -0.2) is 64.2 Å². The summed E-state index contributed by atoms with van der Waals surface area (Å²) in [7, 11) is 4.48. The van der Waals surface area contributed by atoms with Crippen LogP contribution in [0.5, 0.6) is 23.0 Å². The lowest BCUT2D eigenvalue weighted by atomic mass is 9.94. The zero-order valence-corrected chi connectivity index (χ0v) is 25.3. The summed E-state index contributed by atoms with van der Waals surface area (Å²) in [6.07, 6.45) is 1.62. The third-order valence-electron chi connectivity index (χ3n) is 6.45. The summed E-state index contributed by atoms with van der Waals surface area (Å²) in [6, 6.07) is 9.43. The van der Waals surface area contributed by atoms with Crippen LogP contribution in [0.2, 0.25) is 0 Å². The molecule has 13 heteroatoms. The number of aromatic nitrogens is 1. The number of allylic oxidation sites excluding steroid dienone is 1. The molecule has 1 aliphatic rings. The van der Waals surface area contributed by atoms with Crippen molar-refractivity contribution in [3.8, 4) is 23.0 Å². The van der Waals surface area contributed by atoms with Crippen LogP contribution in [0.25, 0.3) is 6.08 Å². The minimum Gasteiger partial charge on any atom is -0.493 e. The highest BCUT2D eigenvalue weighted by molar-refractivity contribution is 7.07. The zero-order chi connectivity index (χ0) is 31.1. The highest BCUT2D eigenvalue weighted by Crippen LogP contribution is 2.41. The minimum atomic E-state index is -0.944. The Morgan fingerprint density at radius 3 is 2.37 bits per heavy atom. The largest absolute Gasteiger partial charge is 0.493 e. The van der Waals surface area contributed by atoms with Gasteiger partial charge in [-0.3, -0.25) is 14.2 Å². The summed E-state index contributed by atoms with van der Waals surface area (Å²) < 4.78 is 34.9. The van der Waals surface area contributed by atoms with Gasteiger partial charge in [0.2, 0.25) is 0 Å². The molecule has 228 valence electrons. The fraction of sp³-hybridized carbons (Fsp3) is 0.333. The maximum atomic E-state index is 14.2. The normalized spacial score (nSPS) is 14.5. The van der Waals surface area contributed by atoms with Crippen LogP contribution in [-0.2, 0) is 19.1 Å². The van der Waals surface area contributed by atoms with Crippen molar-refractivity contribution in [2.45, 2.75) is 19.9 Å². The van der Waals surface area contributed by atoms with E-state index in [1.54, 1.807) is 49.4 Å². The summed E-state index contributed by atoms with van der Waals surface area (Å²) in [5.41, 5.74) is 6.44. The Morgan fingerprint density at radius 2 is 1.72 bits per heavy atom. The second-order valence-corrected chi connectivity index (χ2v) is 10.2. The van der Waals surface area contributed by atoms with Crippen LogP contribution in [0.4, 0.5) is 0 Å². The Kier molecular flexibility index (Phi) is 10.2. The number of fused-ring (bicyclic) bond motifs is 1. The van der Waals surface area contributed by atoms with Crippen LogP contribution < -0.4 is 39.6 Å². The quantitative estimate of drug-likeness (QED) is 0.225. The SMILES string of the molecule is CCOc1c(OC)cccc1[C@H]1C(C(=O)OCCOC)=C(C)N=c2s/c(=C/c3cccc(OC)c3OCC(N)=O)c(=O)n21. The van der Waals surface area contributed by atoms with Crippen molar-refractivity contribution in [2.24, 2.45) is 10.7 Å². The Morgan fingerprint density at radius 1 is 1.02 bits per heavy atom. The highest BCUT2D eigenvalue weighted by atomic mass is 32.1. The van der Waals surface area contributed by atoms with E-state index in [9.17, 15) is 14.4 Å². The number of hydrogen-bond acceptors (Lipinski definition) is 11. The molecule has 2 heterocycles. The van der Waals surface area contributed by atoms with E-state index in [-0.39, 0.29) is 31.1 Å². The molecule has 0 unspecified atom stereocenters.